The van der Waals surface area contributed by atoms with E-state index in [4.69, 9.17) is 10.5 Å². The van der Waals surface area contributed by atoms with Gasteiger partial charge in [0.25, 0.3) is 10.0 Å². The van der Waals surface area contributed by atoms with E-state index in [2.05, 4.69) is 36.3 Å². The summed E-state index contributed by atoms with van der Waals surface area (Å²) in [7, 11) is -4.19. The topological polar surface area (TPSA) is 239 Å². The Morgan fingerprint density at radius 3 is 1.97 bits per heavy atom. The van der Waals surface area contributed by atoms with Crippen molar-refractivity contribution in [1.82, 2.24) is 31.3 Å². The first-order chi connectivity index (χ1) is 28.1. The third kappa shape index (κ3) is 12.9. The van der Waals surface area contributed by atoms with Crippen LogP contribution in [-0.4, -0.2) is 86.8 Å². The average Bonchev–Trinajstić information content (AvgIpc) is 3.15. The van der Waals surface area contributed by atoms with Crippen LogP contribution in [0, 0.1) is 32.6 Å². The lowest BCUT2D eigenvalue weighted by Gasteiger charge is -2.35. The van der Waals surface area contributed by atoms with Gasteiger partial charge in [0.2, 0.25) is 35.5 Å². The number of sulfonamides is 1. The van der Waals surface area contributed by atoms with Gasteiger partial charge >= 0.3 is 0 Å². The highest BCUT2D eigenvalue weighted by Crippen LogP contribution is 2.42. The molecule has 330 valence electrons. The van der Waals surface area contributed by atoms with Gasteiger partial charge in [0.05, 0.1) is 11.4 Å². The molecule has 0 aromatic heterocycles. The number of rotatable bonds is 12. The molecule has 5 amide bonds. The van der Waals surface area contributed by atoms with Gasteiger partial charge in [0.15, 0.2) is 0 Å². The van der Waals surface area contributed by atoms with Gasteiger partial charge in [-0.15, -0.1) is 0 Å². The molecular formula is C43H64N8O8S. The molecule has 1 saturated heterocycles. The summed E-state index contributed by atoms with van der Waals surface area (Å²) in [5.41, 5.74) is 9.32. The van der Waals surface area contributed by atoms with Gasteiger partial charge in [-0.25, -0.2) is 13.1 Å². The molecule has 17 heteroatoms. The molecule has 0 saturated carbocycles. The van der Waals surface area contributed by atoms with Crippen LogP contribution < -0.4 is 41.8 Å². The molecule has 1 fully saturated rings. The fourth-order valence-corrected chi connectivity index (χ4v) is 9.07. The zero-order chi connectivity index (χ0) is 44.5. The number of carbonyl (C=O) groups excluding carboxylic acids is 5. The van der Waals surface area contributed by atoms with Crippen molar-refractivity contribution in [2.24, 2.45) is 22.6 Å². The van der Waals surface area contributed by atoms with Crippen LogP contribution in [0.1, 0.15) is 101 Å². The highest BCUT2D eigenvalue weighted by Gasteiger charge is 2.35. The van der Waals surface area contributed by atoms with Crippen molar-refractivity contribution in [2.75, 3.05) is 13.1 Å². The van der Waals surface area contributed by atoms with Crippen LogP contribution in [0.3, 0.4) is 0 Å². The van der Waals surface area contributed by atoms with E-state index in [1.54, 1.807) is 13.8 Å². The number of amides is 5. The first-order valence-electron chi connectivity index (χ1n) is 20.7. The zero-order valence-electron chi connectivity index (χ0n) is 36.4. The maximum atomic E-state index is 13.8. The largest absolute Gasteiger partial charge is 0.487 e. The fraction of sp³-hybridized carbons (Fsp3) is 0.581. The van der Waals surface area contributed by atoms with E-state index < -0.39 is 75.9 Å². The van der Waals surface area contributed by atoms with Gasteiger partial charge in [-0.3, -0.25) is 29.0 Å². The standard InChI is InChI=1S/C43H64N8O8S/c1-24(2)20-32-39(54)48-31(16-13-19-45-42(44)51-60(57,58)37-27(6)26(5)30-17-18-43(8,9)59-36(30)28(37)7)38(53)46-23-35(52)47-34(22-29-14-11-10-12-15-29)41(56)50-33(21-25(3)4)40(55)49-32/h10-12,14-15,24-25,31-34H,13,16-23H2,1-9H3,(H,46,53)(H,47,52)(H,48,54)(H,49,55)(H,50,56)(H3,44,45,51)/t31-,32-,33-,34-/m0/s1. The van der Waals surface area contributed by atoms with Crippen molar-refractivity contribution in [3.8, 4) is 5.75 Å². The quantitative estimate of drug-likeness (QED) is 0.0942. The molecule has 0 radical (unpaired) electrons. The minimum atomic E-state index is -4.19. The number of aliphatic imine (C=N–C) groups is 1. The van der Waals surface area contributed by atoms with E-state index in [-0.39, 0.29) is 61.3 Å². The Bertz CT molecular complexity index is 2050. The third-order valence-corrected chi connectivity index (χ3v) is 12.4. The van der Waals surface area contributed by atoms with Gasteiger partial charge in [0.1, 0.15) is 35.5 Å². The molecule has 2 aromatic carbocycles. The van der Waals surface area contributed by atoms with E-state index in [1.807, 2.05) is 78.8 Å². The Hall–Kier alpha value is -5.19. The molecule has 16 nitrogen and oxygen atoms in total. The second kappa shape index (κ2) is 20.4. The van der Waals surface area contributed by atoms with E-state index in [9.17, 15) is 32.4 Å². The molecular weight excluding hydrogens is 789 g/mol. The van der Waals surface area contributed by atoms with Crippen LogP contribution in [0.25, 0.3) is 0 Å². The number of fused-ring (bicyclic) bond motifs is 1. The lowest BCUT2D eigenvalue weighted by Crippen LogP contribution is -2.58. The van der Waals surface area contributed by atoms with Crippen LogP contribution in [-0.2, 0) is 46.8 Å². The summed E-state index contributed by atoms with van der Waals surface area (Å²) in [4.78, 5) is 72.5. The van der Waals surface area contributed by atoms with Crippen molar-refractivity contribution < 1.29 is 37.1 Å². The maximum absolute atomic E-state index is 13.8. The van der Waals surface area contributed by atoms with Crippen LogP contribution in [0.5, 0.6) is 5.75 Å². The molecule has 8 N–H and O–H groups in total. The number of carbonyl (C=O) groups is 5. The predicted octanol–water partition coefficient (Wildman–Crippen LogP) is 2.49. The number of nitrogens with two attached hydrogens (primary N) is 1. The summed E-state index contributed by atoms with van der Waals surface area (Å²) < 4.78 is 36.1. The molecule has 60 heavy (non-hydrogen) atoms. The summed E-state index contributed by atoms with van der Waals surface area (Å²) in [6, 6.07) is 4.76. The smallest absolute Gasteiger partial charge is 0.264 e. The summed E-state index contributed by atoms with van der Waals surface area (Å²) in [6.45, 7) is 16.3. The minimum Gasteiger partial charge on any atom is -0.487 e. The van der Waals surface area contributed by atoms with Crippen LogP contribution in [0.4, 0.5) is 0 Å². The second-order valence-electron chi connectivity index (χ2n) is 17.4. The van der Waals surface area contributed by atoms with Crippen LogP contribution in [0.2, 0.25) is 0 Å². The van der Waals surface area contributed by atoms with E-state index in [1.165, 1.54) is 0 Å². The lowest BCUT2D eigenvalue weighted by atomic mass is 9.88. The third-order valence-electron chi connectivity index (χ3n) is 10.8. The minimum absolute atomic E-state index is 0.0101. The van der Waals surface area contributed by atoms with Gasteiger partial charge in [-0.05, 0) is 107 Å². The zero-order valence-corrected chi connectivity index (χ0v) is 37.2. The van der Waals surface area contributed by atoms with Crippen molar-refractivity contribution in [1.29, 1.82) is 0 Å². The fourth-order valence-electron chi connectivity index (χ4n) is 7.58. The summed E-state index contributed by atoms with van der Waals surface area (Å²) in [5.74, 6) is -2.96. The summed E-state index contributed by atoms with van der Waals surface area (Å²) in [5, 5.41) is 13.6. The molecule has 0 bridgehead atoms. The predicted molar refractivity (Wildman–Crippen MR) is 230 cm³/mol. The van der Waals surface area contributed by atoms with Crippen LogP contribution >= 0.6 is 0 Å². The number of hydrogen-bond acceptors (Lipinski definition) is 9. The summed E-state index contributed by atoms with van der Waals surface area (Å²) >= 11 is 0. The molecule has 2 aliphatic rings. The number of guanidine groups is 1. The lowest BCUT2D eigenvalue weighted by molar-refractivity contribution is -0.134. The van der Waals surface area contributed by atoms with Gasteiger partial charge in [-0.2, -0.15) is 0 Å². The normalized spacial score (nSPS) is 22.0. The maximum Gasteiger partial charge on any atom is 0.264 e. The Morgan fingerprint density at radius 2 is 1.38 bits per heavy atom. The van der Waals surface area contributed by atoms with Gasteiger partial charge in [-0.1, -0.05) is 58.0 Å². The number of ether oxygens (including phenoxy) is 1. The summed E-state index contributed by atoms with van der Waals surface area (Å²) in [6.07, 6.45) is 2.38. The Labute approximate surface area is 354 Å². The molecule has 4 rings (SSSR count). The Kier molecular flexibility index (Phi) is 16.1. The molecule has 0 spiro atoms. The molecule has 2 aromatic rings. The highest BCUT2D eigenvalue weighted by molar-refractivity contribution is 7.90. The van der Waals surface area contributed by atoms with Gasteiger partial charge in [0, 0.05) is 18.5 Å². The first-order valence-corrected chi connectivity index (χ1v) is 22.2. The number of nitrogens with one attached hydrogen (secondary N) is 6. The number of benzene rings is 2. The molecule has 2 aliphatic heterocycles. The van der Waals surface area contributed by atoms with Crippen molar-refractivity contribution in [3.63, 3.8) is 0 Å². The molecule has 4 atom stereocenters. The first kappa shape index (κ1) is 47.5. The SMILES string of the molecule is Cc1c(C)c(S(=O)(=O)NC(N)=NCCC[C@@H]2NC(=O)[C@H](CC(C)C)NC(=O)[C@H](CC(C)C)NC(=O)[C@H](Cc3ccccc3)NC(=O)CNC2=O)c(C)c2c1CCC(C)(C)O2. The Morgan fingerprint density at radius 1 is 0.817 bits per heavy atom. The highest BCUT2D eigenvalue weighted by atomic mass is 32.2. The van der Waals surface area contributed by atoms with Crippen molar-refractivity contribution >= 4 is 45.5 Å². The van der Waals surface area contributed by atoms with E-state index in [0.717, 1.165) is 29.5 Å². The number of hydrogen-bond donors (Lipinski definition) is 7. The van der Waals surface area contributed by atoms with E-state index in [0.29, 0.717) is 16.9 Å². The molecule has 2 heterocycles. The monoisotopic (exact) mass is 852 g/mol. The van der Waals surface area contributed by atoms with E-state index >= 15 is 0 Å². The number of nitrogens with zero attached hydrogens (tertiary/aromatic N) is 1. The second-order valence-corrected chi connectivity index (χ2v) is 19.0. The van der Waals surface area contributed by atoms with Crippen LogP contribution in [0.15, 0.2) is 40.2 Å². The van der Waals surface area contributed by atoms with Gasteiger partial charge < -0.3 is 37.1 Å². The van der Waals surface area contributed by atoms with Crippen molar-refractivity contribution in [2.45, 2.75) is 142 Å². The average molecular weight is 853 g/mol. The molecule has 0 unspecified atom stereocenters. The molecule has 0 aliphatic carbocycles. The Balaban J connectivity index is 1.54. The van der Waals surface area contributed by atoms with Crippen molar-refractivity contribution in [3.05, 3.63) is 58.1 Å².